The fourth-order valence-electron chi connectivity index (χ4n) is 2.95. The number of amides is 1. The number of hydrogen-bond donors (Lipinski definition) is 2. The molecule has 0 aromatic heterocycles. The van der Waals surface area contributed by atoms with E-state index in [-0.39, 0.29) is 5.41 Å². The van der Waals surface area contributed by atoms with E-state index < -0.39 is 17.7 Å². The molecule has 1 aliphatic heterocycles. The quantitative estimate of drug-likeness (QED) is 0.702. The van der Waals surface area contributed by atoms with Crippen molar-refractivity contribution in [2.45, 2.75) is 52.2 Å². The van der Waals surface area contributed by atoms with Gasteiger partial charge in [0.1, 0.15) is 0 Å². The van der Waals surface area contributed by atoms with Gasteiger partial charge in [0.05, 0.1) is 11.6 Å². The van der Waals surface area contributed by atoms with E-state index >= 15 is 0 Å². The number of likely N-dealkylation sites (tertiary alicyclic amines) is 1. The minimum absolute atomic E-state index is 0.254. The highest BCUT2D eigenvalue weighted by Gasteiger charge is 2.54. The molecule has 0 aromatic carbocycles. The Morgan fingerprint density at radius 3 is 2.27 bits per heavy atom. The Morgan fingerprint density at radius 2 is 2.00 bits per heavy atom. The van der Waals surface area contributed by atoms with Crippen molar-refractivity contribution in [1.82, 2.24) is 4.90 Å². The highest BCUT2D eigenvalue weighted by molar-refractivity contribution is 5.67. The van der Waals surface area contributed by atoms with Crippen molar-refractivity contribution in [2.24, 2.45) is 5.41 Å². The topological polar surface area (TPSA) is 60.8 Å². The Hall–Kier alpha value is -0.770. The summed E-state index contributed by atoms with van der Waals surface area (Å²) in [5.41, 5.74) is -0.894. The molecule has 1 amide bonds. The van der Waals surface area contributed by atoms with Crippen LogP contribution in [0.25, 0.3) is 0 Å². The normalized spacial score (nSPS) is 29.3. The van der Waals surface area contributed by atoms with Crippen LogP contribution in [0.2, 0.25) is 0 Å². The second-order valence-corrected chi connectivity index (χ2v) is 5.39. The zero-order chi connectivity index (χ0) is 11.9. The first-order valence-corrected chi connectivity index (χ1v) is 5.42. The third-order valence-electron chi connectivity index (χ3n) is 3.64. The number of hydrogen-bond acceptors (Lipinski definition) is 2. The number of rotatable bonds is 1. The first kappa shape index (κ1) is 12.3. The Bertz CT molecular complexity index is 257. The van der Waals surface area contributed by atoms with Crippen molar-refractivity contribution in [2.75, 3.05) is 6.54 Å². The number of nitrogens with zero attached hydrogens (tertiary/aromatic N) is 1. The third kappa shape index (κ3) is 1.71. The summed E-state index contributed by atoms with van der Waals surface area (Å²) in [5.74, 6) is 0. The molecule has 88 valence electrons. The maximum atomic E-state index is 11.2. The largest absolute Gasteiger partial charge is 0.465 e. The lowest BCUT2D eigenvalue weighted by Crippen LogP contribution is -2.61. The number of carboxylic acid groups (broad SMARTS) is 1. The second kappa shape index (κ2) is 3.67. The van der Waals surface area contributed by atoms with Gasteiger partial charge in [-0.15, -0.1) is 0 Å². The summed E-state index contributed by atoms with van der Waals surface area (Å²) in [4.78, 5) is 12.6. The van der Waals surface area contributed by atoms with Gasteiger partial charge in [-0.05, 0) is 25.2 Å². The van der Waals surface area contributed by atoms with E-state index in [2.05, 4.69) is 0 Å². The summed E-state index contributed by atoms with van der Waals surface area (Å²) in [7, 11) is 0. The summed E-state index contributed by atoms with van der Waals surface area (Å²) < 4.78 is 0. The molecule has 1 rings (SSSR count). The predicted molar refractivity (Wildman–Crippen MR) is 57.8 cm³/mol. The maximum Gasteiger partial charge on any atom is 0.407 e. The smallest absolute Gasteiger partial charge is 0.407 e. The molecule has 1 aliphatic rings. The molecule has 15 heavy (non-hydrogen) atoms. The zero-order valence-electron chi connectivity index (χ0n) is 9.95. The molecular weight excluding hydrogens is 194 g/mol. The Morgan fingerprint density at radius 1 is 1.47 bits per heavy atom. The van der Waals surface area contributed by atoms with Crippen LogP contribution >= 0.6 is 0 Å². The summed E-state index contributed by atoms with van der Waals surface area (Å²) in [5, 5.41) is 19.1. The molecule has 2 N–H and O–H groups in total. The van der Waals surface area contributed by atoms with Gasteiger partial charge in [-0.2, -0.15) is 0 Å². The van der Waals surface area contributed by atoms with Gasteiger partial charge in [-0.25, -0.2) is 4.79 Å². The van der Waals surface area contributed by atoms with E-state index in [9.17, 15) is 15.0 Å². The molecule has 0 radical (unpaired) electrons. The highest BCUT2D eigenvalue weighted by atomic mass is 16.4. The van der Waals surface area contributed by atoms with Crippen molar-refractivity contribution in [1.29, 1.82) is 0 Å². The lowest BCUT2D eigenvalue weighted by molar-refractivity contribution is -0.0565. The summed E-state index contributed by atoms with van der Waals surface area (Å²) in [6, 6.07) is 0. The number of carbonyl (C=O) groups is 1. The van der Waals surface area contributed by atoms with Crippen molar-refractivity contribution < 1.29 is 15.0 Å². The Labute approximate surface area is 90.9 Å². The molecule has 0 bridgehead atoms. The molecule has 0 spiro atoms. The average molecular weight is 215 g/mol. The van der Waals surface area contributed by atoms with Gasteiger partial charge in [0.25, 0.3) is 0 Å². The first-order valence-electron chi connectivity index (χ1n) is 5.42. The van der Waals surface area contributed by atoms with Crippen LogP contribution in [0.15, 0.2) is 0 Å². The fraction of sp³-hybridized carbons (Fsp3) is 0.909. The molecule has 0 aliphatic carbocycles. The minimum Gasteiger partial charge on any atom is -0.465 e. The Balaban J connectivity index is 3.16. The van der Waals surface area contributed by atoms with Gasteiger partial charge in [-0.3, -0.25) is 4.90 Å². The van der Waals surface area contributed by atoms with Crippen LogP contribution in [0.5, 0.6) is 0 Å². The van der Waals surface area contributed by atoms with Crippen LogP contribution in [0.4, 0.5) is 4.79 Å². The summed E-state index contributed by atoms with van der Waals surface area (Å²) in [6.45, 7) is 8.17. The minimum atomic E-state index is -0.927. The zero-order valence-corrected chi connectivity index (χ0v) is 9.95. The lowest BCUT2D eigenvalue weighted by Gasteiger charge is -2.49. The van der Waals surface area contributed by atoms with Gasteiger partial charge >= 0.3 is 6.09 Å². The van der Waals surface area contributed by atoms with Crippen LogP contribution in [0, 0.1) is 5.41 Å². The SMILES string of the molecule is CC(O)[C@]1(C(C)(C)C)CCCN1C(=O)O. The molecule has 1 unspecified atom stereocenters. The van der Waals surface area contributed by atoms with Crippen LogP contribution in [-0.2, 0) is 0 Å². The number of aliphatic hydroxyl groups is 1. The standard InChI is InChI=1S/C11H21NO3/c1-8(13)11(10(2,3)4)6-5-7-12(11)9(14)15/h8,13H,5-7H2,1-4H3,(H,14,15)/t8?,11-/m0/s1. The lowest BCUT2D eigenvalue weighted by atomic mass is 9.69. The number of aliphatic hydroxyl groups excluding tert-OH is 1. The first-order chi connectivity index (χ1) is 6.73. The highest BCUT2D eigenvalue weighted by Crippen LogP contribution is 2.45. The van der Waals surface area contributed by atoms with E-state index in [1.54, 1.807) is 6.92 Å². The predicted octanol–water partition coefficient (Wildman–Crippen LogP) is 1.93. The van der Waals surface area contributed by atoms with E-state index in [1.165, 1.54) is 4.90 Å². The van der Waals surface area contributed by atoms with Crippen LogP contribution in [-0.4, -0.2) is 39.4 Å². The average Bonchev–Trinajstić information content (AvgIpc) is 2.45. The van der Waals surface area contributed by atoms with Crippen molar-refractivity contribution in [3.05, 3.63) is 0 Å². The van der Waals surface area contributed by atoms with E-state index in [1.807, 2.05) is 20.8 Å². The Kier molecular flexibility index (Phi) is 3.01. The molecule has 0 aromatic rings. The van der Waals surface area contributed by atoms with Crippen molar-refractivity contribution >= 4 is 6.09 Å². The summed E-state index contributed by atoms with van der Waals surface area (Å²) in [6.07, 6.45) is -0.00556. The van der Waals surface area contributed by atoms with Gasteiger partial charge in [0.15, 0.2) is 0 Å². The van der Waals surface area contributed by atoms with Crippen LogP contribution in [0.3, 0.4) is 0 Å². The molecule has 1 saturated heterocycles. The van der Waals surface area contributed by atoms with E-state index in [4.69, 9.17) is 0 Å². The molecule has 4 heteroatoms. The van der Waals surface area contributed by atoms with Crippen LogP contribution in [0.1, 0.15) is 40.5 Å². The van der Waals surface area contributed by atoms with Crippen LogP contribution < -0.4 is 0 Å². The summed E-state index contributed by atoms with van der Waals surface area (Å²) >= 11 is 0. The van der Waals surface area contributed by atoms with Gasteiger partial charge < -0.3 is 10.2 Å². The fourth-order valence-corrected chi connectivity index (χ4v) is 2.95. The van der Waals surface area contributed by atoms with Crippen molar-refractivity contribution in [3.63, 3.8) is 0 Å². The molecule has 2 atom stereocenters. The third-order valence-corrected chi connectivity index (χ3v) is 3.64. The van der Waals surface area contributed by atoms with Gasteiger partial charge in [0.2, 0.25) is 0 Å². The molecule has 1 fully saturated rings. The molecular formula is C11H21NO3. The van der Waals surface area contributed by atoms with Gasteiger partial charge in [-0.1, -0.05) is 20.8 Å². The molecule has 1 heterocycles. The van der Waals surface area contributed by atoms with Gasteiger partial charge in [0, 0.05) is 6.54 Å². The maximum absolute atomic E-state index is 11.2. The van der Waals surface area contributed by atoms with Crippen molar-refractivity contribution in [3.8, 4) is 0 Å². The second-order valence-electron chi connectivity index (χ2n) is 5.39. The van der Waals surface area contributed by atoms with E-state index in [0.717, 1.165) is 12.8 Å². The monoisotopic (exact) mass is 215 g/mol. The molecule has 0 saturated carbocycles. The molecule has 4 nitrogen and oxygen atoms in total. The van der Waals surface area contributed by atoms with E-state index in [0.29, 0.717) is 6.54 Å².